The predicted octanol–water partition coefficient (Wildman–Crippen LogP) is 6.76. The zero-order valence-corrected chi connectivity index (χ0v) is 19.7. The Morgan fingerprint density at radius 2 is 1.33 bits per heavy atom. The van der Waals surface area contributed by atoms with Crippen LogP contribution in [0.3, 0.4) is 0 Å². The van der Waals surface area contributed by atoms with Crippen molar-refractivity contribution in [2.75, 3.05) is 0 Å². The van der Waals surface area contributed by atoms with E-state index in [-0.39, 0.29) is 17.0 Å². The molecule has 2 aliphatic rings. The van der Waals surface area contributed by atoms with E-state index in [0.717, 1.165) is 11.1 Å². The van der Waals surface area contributed by atoms with E-state index in [1.54, 1.807) is 34.6 Å². The minimum atomic E-state index is -2.22. The number of hydrogen-bond acceptors (Lipinski definition) is 1. The van der Waals surface area contributed by atoms with Crippen LogP contribution in [0.5, 0.6) is 0 Å². The van der Waals surface area contributed by atoms with Crippen LogP contribution in [0.4, 0.5) is 26.3 Å². The fourth-order valence-corrected chi connectivity index (χ4v) is 5.88. The Morgan fingerprint density at radius 3 is 1.82 bits per heavy atom. The van der Waals surface area contributed by atoms with Crippen LogP contribution in [0, 0.1) is 42.9 Å². The van der Waals surface area contributed by atoms with Crippen molar-refractivity contribution in [3.63, 3.8) is 0 Å². The molecule has 2 nitrogen and oxygen atoms in total. The Balaban J connectivity index is 2.28. The van der Waals surface area contributed by atoms with Crippen molar-refractivity contribution >= 4 is 12.8 Å². The van der Waals surface area contributed by atoms with Crippen LogP contribution < -0.4 is 0 Å². The van der Waals surface area contributed by atoms with Gasteiger partial charge >= 0.3 is 7.26 Å². The molecule has 0 fully saturated rings. The largest absolute Gasteiger partial charge is 0.592 e. The first kappa shape index (κ1) is 23.6. The van der Waals surface area contributed by atoms with Gasteiger partial charge in [0, 0.05) is 28.2 Å². The summed E-state index contributed by atoms with van der Waals surface area (Å²) in [6.45, 7) is 12.4. The van der Waals surface area contributed by atoms with Crippen molar-refractivity contribution in [2.24, 2.45) is 0 Å². The molecule has 0 saturated heterocycles. The lowest BCUT2D eigenvalue weighted by atomic mass is 9.82. The molecule has 0 amide bonds. The molecule has 0 spiro atoms. The van der Waals surface area contributed by atoms with E-state index in [2.05, 4.69) is 0 Å². The molecule has 0 saturated carbocycles. The lowest BCUT2D eigenvalue weighted by Crippen LogP contribution is -2.53. The fraction of sp³-hybridized carbons (Fsp3) is 0.417. The Labute approximate surface area is 189 Å². The molecule has 0 radical (unpaired) electrons. The summed E-state index contributed by atoms with van der Waals surface area (Å²) in [7, 11) is -1.71. The van der Waals surface area contributed by atoms with Crippen LogP contribution in [0.15, 0.2) is 16.8 Å². The summed E-state index contributed by atoms with van der Waals surface area (Å²) >= 11 is 0. The number of rotatable bonds is 3. The molecule has 0 bridgehead atoms. The Bertz CT molecular complexity index is 1240. The summed E-state index contributed by atoms with van der Waals surface area (Å²) in [6.07, 6.45) is 1.05. The number of nitrogens with zero attached hydrogens (tertiary/aromatic N) is 2. The zero-order chi connectivity index (χ0) is 24.7. The van der Waals surface area contributed by atoms with Gasteiger partial charge in [-0.2, -0.15) is 0 Å². The molecule has 0 atom stereocenters. The lowest BCUT2D eigenvalue weighted by molar-refractivity contribution is 0.316. The Morgan fingerprint density at radius 1 is 0.818 bits per heavy atom. The Hall–Kier alpha value is -2.58. The molecule has 0 N–H and O–H groups in total. The molecule has 2 aromatic rings. The average Bonchev–Trinajstić information content (AvgIpc) is 3.13. The smallest absolute Gasteiger partial charge is 0.357 e. The number of halogens is 6. The second kappa shape index (κ2) is 7.47. The van der Waals surface area contributed by atoms with Gasteiger partial charge in [0.1, 0.15) is 0 Å². The third-order valence-corrected chi connectivity index (χ3v) is 7.30. The molecular weight excluding hydrogens is 441 g/mol. The molecular formula is C24H25BF6N2. The molecule has 0 aliphatic carbocycles. The van der Waals surface area contributed by atoms with Crippen molar-refractivity contribution in [1.82, 2.24) is 9.29 Å². The van der Waals surface area contributed by atoms with Gasteiger partial charge in [-0.3, -0.25) is 4.32 Å². The van der Waals surface area contributed by atoms with E-state index < -0.39 is 47.4 Å². The van der Waals surface area contributed by atoms with Gasteiger partial charge in [-0.1, -0.05) is 13.8 Å². The summed E-state index contributed by atoms with van der Waals surface area (Å²) in [5.74, 6) is -10.1. The van der Waals surface area contributed by atoms with E-state index in [4.69, 9.17) is 0 Å². The van der Waals surface area contributed by atoms with E-state index >= 15 is 13.1 Å². The monoisotopic (exact) mass is 466 g/mol. The first-order valence-electron chi connectivity index (χ1n) is 10.9. The first-order chi connectivity index (χ1) is 15.3. The zero-order valence-electron chi connectivity index (χ0n) is 19.7. The molecule has 3 heterocycles. The normalized spacial score (nSPS) is 17.4. The second-order valence-corrected chi connectivity index (χ2v) is 9.13. The number of benzene rings is 1. The van der Waals surface area contributed by atoms with E-state index in [0.29, 0.717) is 29.7 Å². The topological polar surface area (TPSA) is 8.17 Å². The molecule has 33 heavy (non-hydrogen) atoms. The average molecular weight is 466 g/mol. The summed E-state index contributed by atoms with van der Waals surface area (Å²) < 4.78 is 90.4. The molecule has 176 valence electrons. The van der Waals surface area contributed by atoms with Crippen molar-refractivity contribution in [1.29, 1.82) is 0 Å². The third-order valence-electron chi connectivity index (χ3n) is 7.30. The summed E-state index contributed by atoms with van der Waals surface area (Å²) in [5, 5.41) is 0. The predicted molar refractivity (Wildman–Crippen MR) is 117 cm³/mol. The van der Waals surface area contributed by atoms with Crippen molar-refractivity contribution in [3.05, 3.63) is 74.0 Å². The highest BCUT2D eigenvalue weighted by Gasteiger charge is 2.53. The second-order valence-electron chi connectivity index (χ2n) is 9.13. The van der Waals surface area contributed by atoms with Crippen LogP contribution in [0.1, 0.15) is 69.1 Å². The van der Waals surface area contributed by atoms with Crippen LogP contribution in [0.25, 0.3) is 5.57 Å². The molecule has 1 aromatic carbocycles. The van der Waals surface area contributed by atoms with E-state index in [9.17, 15) is 13.2 Å². The number of fused-ring (bicyclic) bond motifs is 2. The standard InChI is InChI=1S/C24H25BF6N2/c1-8-13-10(3)22-16(15-17(26)19(28)21(30)20(29)18(15)27)23-11(4)14(9-2)24(6,7)33(23)25(31)32(22)12(13)5/h8-9H2,1-7H3. The summed E-state index contributed by atoms with van der Waals surface area (Å²) in [6, 6.07) is 0. The van der Waals surface area contributed by atoms with Crippen LogP contribution in [0.2, 0.25) is 0 Å². The van der Waals surface area contributed by atoms with Gasteiger partial charge in [-0.05, 0) is 69.7 Å². The van der Waals surface area contributed by atoms with Crippen molar-refractivity contribution in [2.45, 2.75) is 66.8 Å². The summed E-state index contributed by atoms with van der Waals surface area (Å²) in [4.78, 5) is 1.40. The molecule has 1 aromatic heterocycles. The van der Waals surface area contributed by atoms with Crippen molar-refractivity contribution < 1.29 is 26.3 Å². The fourth-order valence-electron chi connectivity index (χ4n) is 5.88. The van der Waals surface area contributed by atoms with Gasteiger partial charge in [0.05, 0.1) is 5.56 Å². The molecule has 0 unspecified atom stereocenters. The van der Waals surface area contributed by atoms with Crippen LogP contribution in [-0.4, -0.2) is 22.1 Å². The molecule has 2 aliphatic heterocycles. The summed E-state index contributed by atoms with van der Waals surface area (Å²) in [5.41, 5.74) is 1.49. The molecule has 9 heteroatoms. The van der Waals surface area contributed by atoms with E-state index in [1.807, 2.05) is 13.8 Å². The quantitative estimate of drug-likeness (QED) is 0.210. The van der Waals surface area contributed by atoms with E-state index in [1.165, 1.54) is 9.29 Å². The van der Waals surface area contributed by atoms with Gasteiger partial charge < -0.3 is 9.29 Å². The van der Waals surface area contributed by atoms with Gasteiger partial charge in [0.25, 0.3) is 0 Å². The molecule has 4 rings (SSSR count). The maximum Gasteiger partial charge on any atom is 0.592 e. The van der Waals surface area contributed by atoms with Crippen LogP contribution >= 0.6 is 0 Å². The lowest BCUT2D eigenvalue weighted by Gasteiger charge is -2.42. The highest BCUT2D eigenvalue weighted by atomic mass is 19.2. The van der Waals surface area contributed by atoms with Gasteiger partial charge in [-0.25, -0.2) is 22.0 Å². The minimum Gasteiger partial charge on any atom is -0.357 e. The minimum absolute atomic E-state index is 0.138. The van der Waals surface area contributed by atoms with Crippen LogP contribution in [-0.2, 0) is 6.42 Å². The Kier molecular flexibility index (Phi) is 5.34. The highest BCUT2D eigenvalue weighted by Crippen LogP contribution is 2.52. The highest BCUT2D eigenvalue weighted by molar-refractivity contribution is 6.49. The van der Waals surface area contributed by atoms with Gasteiger partial charge in [-0.15, -0.1) is 0 Å². The number of allylic oxidation sites excluding steroid dienone is 1. The van der Waals surface area contributed by atoms with Gasteiger partial charge in [0.15, 0.2) is 23.3 Å². The SMILES string of the molecule is CCC1=C(C)C2=C(c3c(F)c(F)c(F)c(F)c3F)c3c(C)c(CC)c(C)n3B(F)N2C1(C)C. The maximum absolute atomic E-state index is 16.2. The van der Waals surface area contributed by atoms with Gasteiger partial charge in [0.2, 0.25) is 5.82 Å². The third kappa shape index (κ3) is 2.77. The maximum atomic E-state index is 16.2. The number of aromatic nitrogens is 1. The number of hydrogen-bond donors (Lipinski definition) is 0. The van der Waals surface area contributed by atoms with Crippen molar-refractivity contribution in [3.8, 4) is 0 Å². The first-order valence-corrected chi connectivity index (χ1v) is 10.9.